The Morgan fingerprint density at radius 3 is 2.42 bits per heavy atom. The van der Waals surface area contributed by atoms with E-state index in [1.54, 1.807) is 33.9 Å². The molecule has 0 bridgehead atoms. The lowest BCUT2D eigenvalue weighted by Gasteiger charge is -2.33. The summed E-state index contributed by atoms with van der Waals surface area (Å²) >= 11 is 1.27. The summed E-state index contributed by atoms with van der Waals surface area (Å²) in [7, 11) is -0.408. The van der Waals surface area contributed by atoms with E-state index in [1.165, 1.54) is 30.6 Å². The molecule has 2 aromatic heterocycles. The fourth-order valence-corrected chi connectivity index (χ4v) is 8.26. The van der Waals surface area contributed by atoms with Crippen LogP contribution in [0.1, 0.15) is 24.2 Å². The Morgan fingerprint density at radius 1 is 1.10 bits per heavy atom. The maximum absolute atomic E-state index is 13.5. The van der Waals surface area contributed by atoms with Gasteiger partial charge in [-0.3, -0.25) is 4.90 Å². The molecule has 2 fully saturated rings. The number of carbonyl (C=O) groups is 1. The number of anilines is 1. The lowest BCUT2D eigenvalue weighted by atomic mass is 10.1. The molecular weight excluding hydrogens is 557 g/mol. The number of thiazole rings is 1. The average molecular weight is 593 g/mol. The Bertz CT molecular complexity index is 1430. The number of halogens is 1. The van der Waals surface area contributed by atoms with Gasteiger partial charge in [0.05, 0.1) is 45.3 Å². The average Bonchev–Trinajstić information content (AvgIpc) is 3.60. The standard InChI is InChI=1S/C26H35FN7O4S2/c1-20(21-4-6-22(27)7-5-21)34-19-28-16-23(34)17-30-8-14-33(15-9-30)40(36,37)24-18-29(2)25(39-24)31-10-12-32(13-11-31)26(35)38-3/h4-7,16,18-20H,8-15,17H2,1-3H3/q+1. The molecule has 0 N–H and O–H groups in total. The molecule has 40 heavy (non-hydrogen) atoms. The summed E-state index contributed by atoms with van der Waals surface area (Å²) in [5.74, 6) is -0.263. The van der Waals surface area contributed by atoms with Gasteiger partial charge in [0.2, 0.25) is 0 Å². The van der Waals surface area contributed by atoms with Crippen LogP contribution in [0.5, 0.6) is 0 Å². The monoisotopic (exact) mass is 592 g/mol. The van der Waals surface area contributed by atoms with E-state index >= 15 is 0 Å². The molecule has 0 saturated carbocycles. The van der Waals surface area contributed by atoms with Gasteiger partial charge in [0.1, 0.15) is 25.1 Å². The van der Waals surface area contributed by atoms with Crippen LogP contribution in [-0.4, -0.2) is 97.6 Å². The predicted octanol–water partition coefficient (Wildman–Crippen LogP) is 1.91. The molecule has 2 aliphatic rings. The molecule has 2 aliphatic heterocycles. The van der Waals surface area contributed by atoms with Crippen molar-refractivity contribution < 1.29 is 26.9 Å². The molecule has 4 heterocycles. The summed E-state index contributed by atoms with van der Waals surface area (Å²) in [6, 6.07) is 6.49. The van der Waals surface area contributed by atoms with Gasteiger partial charge in [-0.2, -0.15) is 4.31 Å². The van der Waals surface area contributed by atoms with Crippen LogP contribution in [-0.2, 0) is 28.4 Å². The van der Waals surface area contributed by atoms with Crippen molar-refractivity contribution in [1.29, 1.82) is 0 Å². The van der Waals surface area contributed by atoms with E-state index < -0.39 is 10.0 Å². The van der Waals surface area contributed by atoms with Crippen molar-refractivity contribution in [3.8, 4) is 0 Å². The first-order valence-electron chi connectivity index (χ1n) is 13.2. The predicted molar refractivity (Wildman–Crippen MR) is 148 cm³/mol. The maximum atomic E-state index is 13.5. The molecule has 5 rings (SSSR count). The van der Waals surface area contributed by atoms with E-state index in [0.717, 1.165) is 16.4 Å². The Labute approximate surface area is 238 Å². The highest BCUT2D eigenvalue weighted by atomic mass is 32.2. The molecule has 2 saturated heterocycles. The highest BCUT2D eigenvalue weighted by Gasteiger charge is 2.35. The summed E-state index contributed by atoms with van der Waals surface area (Å²) < 4.78 is 51.1. The SMILES string of the molecule is COC(=O)N1CCN(c2sc(S(=O)(=O)N3CCN(Cc4cncn4C(C)c4ccc(F)cc4)CC3)c[n+]2C)CC1. The van der Waals surface area contributed by atoms with Crippen LogP contribution in [0.4, 0.5) is 14.3 Å². The number of imidazole rings is 1. The first kappa shape index (κ1) is 28.5. The van der Waals surface area contributed by atoms with Gasteiger partial charge in [0.15, 0.2) is 4.21 Å². The number of methoxy groups -OCH3 is 1. The summed E-state index contributed by atoms with van der Waals surface area (Å²) in [5.41, 5.74) is 2.01. The second-order valence-corrected chi connectivity index (χ2v) is 13.3. The molecule has 3 aromatic rings. The zero-order valence-electron chi connectivity index (χ0n) is 22.9. The Morgan fingerprint density at radius 2 is 1.77 bits per heavy atom. The molecular formula is C26H35FN7O4S2+. The number of sulfonamides is 1. The summed E-state index contributed by atoms with van der Waals surface area (Å²) in [5, 5.41) is 0.852. The van der Waals surface area contributed by atoms with Crippen molar-refractivity contribution in [2.24, 2.45) is 7.05 Å². The quantitative estimate of drug-likeness (QED) is 0.387. The van der Waals surface area contributed by atoms with E-state index in [-0.39, 0.29) is 18.0 Å². The largest absolute Gasteiger partial charge is 0.453 e. The summed E-state index contributed by atoms with van der Waals surface area (Å²) in [6.07, 6.45) is 4.96. The number of benzene rings is 1. The minimum Gasteiger partial charge on any atom is -0.453 e. The molecule has 11 nitrogen and oxygen atoms in total. The molecule has 216 valence electrons. The van der Waals surface area contributed by atoms with Crippen LogP contribution in [0.15, 0.2) is 47.2 Å². The minimum absolute atomic E-state index is 0.00280. The van der Waals surface area contributed by atoms with Gasteiger partial charge in [0.25, 0.3) is 10.0 Å². The van der Waals surface area contributed by atoms with Gasteiger partial charge in [0, 0.05) is 38.9 Å². The molecule has 1 unspecified atom stereocenters. The number of rotatable bonds is 7. The molecule has 0 spiro atoms. The zero-order chi connectivity index (χ0) is 28.4. The molecule has 1 atom stereocenters. The number of piperazine rings is 2. The van der Waals surface area contributed by atoms with Gasteiger partial charge in [-0.15, -0.1) is 0 Å². The van der Waals surface area contributed by atoms with E-state index in [4.69, 9.17) is 4.74 Å². The highest BCUT2D eigenvalue weighted by molar-refractivity contribution is 7.91. The van der Waals surface area contributed by atoms with Crippen molar-refractivity contribution in [3.05, 3.63) is 60.1 Å². The molecule has 0 aliphatic carbocycles. The first-order valence-corrected chi connectivity index (χ1v) is 15.5. The number of ether oxygens (including phenoxy) is 1. The number of aryl methyl sites for hydroxylation is 1. The van der Waals surface area contributed by atoms with Crippen molar-refractivity contribution >= 4 is 32.6 Å². The van der Waals surface area contributed by atoms with Crippen LogP contribution in [0, 0.1) is 5.82 Å². The van der Waals surface area contributed by atoms with E-state index in [0.29, 0.717) is 63.1 Å². The van der Waals surface area contributed by atoms with Gasteiger partial charge in [-0.1, -0.05) is 12.1 Å². The number of hydrogen-bond acceptors (Lipinski definition) is 8. The minimum atomic E-state index is -3.63. The number of hydrogen-bond donors (Lipinski definition) is 0. The third-order valence-electron chi connectivity index (χ3n) is 7.60. The fraction of sp³-hybridized carbons (Fsp3) is 0.500. The van der Waals surface area contributed by atoms with Crippen molar-refractivity contribution in [1.82, 2.24) is 23.7 Å². The van der Waals surface area contributed by atoms with Crippen LogP contribution < -0.4 is 9.47 Å². The first-order chi connectivity index (χ1) is 19.2. The maximum Gasteiger partial charge on any atom is 0.409 e. The van der Waals surface area contributed by atoms with Crippen molar-refractivity contribution in [2.45, 2.75) is 23.7 Å². The zero-order valence-corrected chi connectivity index (χ0v) is 24.6. The lowest BCUT2D eigenvalue weighted by Crippen LogP contribution is -2.51. The number of carbonyl (C=O) groups excluding carboxylic acids is 1. The lowest BCUT2D eigenvalue weighted by molar-refractivity contribution is -0.655. The number of aromatic nitrogens is 3. The smallest absolute Gasteiger partial charge is 0.409 e. The van der Waals surface area contributed by atoms with Crippen LogP contribution in [0.3, 0.4) is 0 Å². The second kappa shape index (κ2) is 11.8. The molecule has 1 aromatic carbocycles. The molecule has 14 heteroatoms. The Balaban J connectivity index is 1.19. The van der Waals surface area contributed by atoms with Gasteiger partial charge in [-0.25, -0.2) is 32.1 Å². The van der Waals surface area contributed by atoms with Crippen molar-refractivity contribution in [2.75, 3.05) is 64.4 Å². The van der Waals surface area contributed by atoms with E-state index in [9.17, 15) is 17.6 Å². The third-order valence-corrected chi connectivity index (χ3v) is 11.2. The summed E-state index contributed by atoms with van der Waals surface area (Å²) in [4.78, 5) is 22.1. The second-order valence-electron chi connectivity index (χ2n) is 10.1. The van der Waals surface area contributed by atoms with Crippen molar-refractivity contribution in [3.63, 3.8) is 0 Å². The van der Waals surface area contributed by atoms with E-state index in [2.05, 4.69) is 26.3 Å². The van der Waals surface area contributed by atoms with Crippen LogP contribution in [0.2, 0.25) is 0 Å². The van der Waals surface area contributed by atoms with Crippen LogP contribution in [0.25, 0.3) is 0 Å². The Kier molecular flexibility index (Phi) is 8.40. The molecule has 1 amide bonds. The van der Waals surface area contributed by atoms with Gasteiger partial charge >= 0.3 is 11.2 Å². The normalized spacial score (nSPS) is 18.2. The topological polar surface area (TPSA) is 95.1 Å². The Hall–Kier alpha value is -3.07. The number of nitrogens with zero attached hydrogens (tertiary/aromatic N) is 7. The number of amides is 1. The summed E-state index contributed by atoms with van der Waals surface area (Å²) in [6.45, 7) is 6.98. The van der Waals surface area contributed by atoms with Gasteiger partial charge < -0.3 is 14.2 Å². The molecule has 0 radical (unpaired) electrons. The third kappa shape index (κ3) is 5.85. The van der Waals surface area contributed by atoms with Crippen LogP contribution >= 0.6 is 11.3 Å². The van der Waals surface area contributed by atoms with Gasteiger partial charge in [-0.05, 0) is 36.0 Å². The highest BCUT2D eigenvalue weighted by Crippen LogP contribution is 2.29. The fourth-order valence-electron chi connectivity index (χ4n) is 5.21. The van der Waals surface area contributed by atoms with E-state index in [1.807, 2.05) is 17.8 Å².